The summed E-state index contributed by atoms with van der Waals surface area (Å²) in [4.78, 5) is 24.8. The molecule has 1 saturated carbocycles. The molecule has 0 atom stereocenters. The van der Waals surface area contributed by atoms with Gasteiger partial charge in [0, 0.05) is 36.4 Å². The van der Waals surface area contributed by atoms with Gasteiger partial charge in [-0.05, 0) is 48.4 Å². The van der Waals surface area contributed by atoms with E-state index in [2.05, 4.69) is 5.32 Å². The number of nitrogens with one attached hydrogen (secondary N) is 1. The minimum Gasteiger partial charge on any atom is -0.381 e. The van der Waals surface area contributed by atoms with Crippen LogP contribution in [0.1, 0.15) is 45.5 Å². The molecule has 0 saturated heterocycles. The second-order valence-electron chi connectivity index (χ2n) is 6.76. The molecule has 25 heavy (non-hydrogen) atoms. The van der Waals surface area contributed by atoms with Crippen molar-refractivity contribution in [1.82, 2.24) is 5.32 Å². The van der Waals surface area contributed by atoms with Gasteiger partial charge in [-0.1, -0.05) is 30.3 Å². The lowest BCUT2D eigenvalue weighted by Gasteiger charge is -2.07. The van der Waals surface area contributed by atoms with Gasteiger partial charge in [-0.3, -0.25) is 9.59 Å². The number of rotatable bonds is 7. The molecule has 0 aliphatic heterocycles. The van der Waals surface area contributed by atoms with Crippen LogP contribution < -0.4 is 5.32 Å². The predicted octanol–water partition coefficient (Wildman–Crippen LogP) is 3.44. The maximum absolute atomic E-state index is 12.5. The summed E-state index contributed by atoms with van der Waals surface area (Å²) in [6.07, 6.45) is 3.38. The van der Waals surface area contributed by atoms with Crippen molar-refractivity contribution in [1.29, 1.82) is 0 Å². The van der Waals surface area contributed by atoms with Crippen LogP contribution in [-0.2, 0) is 4.74 Å². The topological polar surface area (TPSA) is 55.4 Å². The van der Waals surface area contributed by atoms with Gasteiger partial charge in [0.2, 0.25) is 0 Å². The smallest absolute Gasteiger partial charge is 0.251 e. The second kappa shape index (κ2) is 6.81. The molecule has 128 valence electrons. The number of amides is 1. The second-order valence-corrected chi connectivity index (χ2v) is 6.76. The highest BCUT2D eigenvalue weighted by Crippen LogP contribution is 2.36. The minimum absolute atomic E-state index is 0.00581. The van der Waals surface area contributed by atoms with E-state index in [1.807, 2.05) is 30.3 Å². The zero-order chi connectivity index (χ0) is 17.2. The van der Waals surface area contributed by atoms with Gasteiger partial charge in [-0.25, -0.2) is 0 Å². The first-order valence-electron chi connectivity index (χ1n) is 8.88. The van der Waals surface area contributed by atoms with Crippen molar-refractivity contribution in [3.63, 3.8) is 0 Å². The lowest BCUT2D eigenvalue weighted by Crippen LogP contribution is -2.25. The third-order valence-corrected chi connectivity index (χ3v) is 4.79. The van der Waals surface area contributed by atoms with Gasteiger partial charge in [0.25, 0.3) is 5.91 Å². The molecule has 0 heterocycles. The number of ether oxygens (including phenoxy) is 1. The van der Waals surface area contributed by atoms with Gasteiger partial charge in [-0.2, -0.15) is 0 Å². The molecule has 0 bridgehead atoms. The Morgan fingerprint density at radius 1 is 1.04 bits per heavy atom. The molecule has 1 fully saturated rings. The molecule has 0 spiro atoms. The Hall–Kier alpha value is -2.46. The number of fused-ring (bicyclic) bond motifs is 3. The Labute approximate surface area is 147 Å². The highest BCUT2D eigenvalue weighted by atomic mass is 16.5. The van der Waals surface area contributed by atoms with Gasteiger partial charge in [0.05, 0.1) is 0 Å². The molecule has 4 rings (SSSR count). The molecule has 2 aromatic carbocycles. The number of carbonyl (C=O) groups excluding carboxylic acids is 2. The average molecular weight is 335 g/mol. The largest absolute Gasteiger partial charge is 0.381 e. The van der Waals surface area contributed by atoms with Crippen LogP contribution in [0.4, 0.5) is 0 Å². The zero-order valence-electron chi connectivity index (χ0n) is 14.1. The molecule has 0 radical (unpaired) electrons. The van der Waals surface area contributed by atoms with Gasteiger partial charge >= 0.3 is 0 Å². The van der Waals surface area contributed by atoms with Crippen molar-refractivity contribution in [2.75, 3.05) is 19.8 Å². The van der Waals surface area contributed by atoms with Crippen molar-refractivity contribution in [2.24, 2.45) is 5.92 Å². The van der Waals surface area contributed by atoms with E-state index < -0.39 is 0 Å². The van der Waals surface area contributed by atoms with Crippen LogP contribution in [0.5, 0.6) is 0 Å². The fourth-order valence-electron chi connectivity index (χ4n) is 3.18. The molecule has 1 amide bonds. The third-order valence-electron chi connectivity index (χ3n) is 4.79. The summed E-state index contributed by atoms with van der Waals surface area (Å²) in [7, 11) is 0. The molecule has 1 N–H and O–H groups in total. The maximum Gasteiger partial charge on any atom is 0.251 e. The van der Waals surface area contributed by atoms with Crippen LogP contribution in [-0.4, -0.2) is 31.4 Å². The fourth-order valence-corrected chi connectivity index (χ4v) is 3.18. The third kappa shape index (κ3) is 3.35. The Morgan fingerprint density at radius 2 is 1.80 bits per heavy atom. The van der Waals surface area contributed by atoms with Crippen LogP contribution in [0, 0.1) is 5.92 Å². The Morgan fingerprint density at radius 3 is 2.60 bits per heavy atom. The van der Waals surface area contributed by atoms with E-state index in [1.54, 1.807) is 12.1 Å². The van der Waals surface area contributed by atoms with Gasteiger partial charge in [0.15, 0.2) is 5.78 Å². The van der Waals surface area contributed by atoms with Crippen LogP contribution in [0.25, 0.3) is 11.1 Å². The normalized spacial score (nSPS) is 15.0. The standard InChI is InChI=1S/C21H21NO3/c23-20-18-5-2-1-4-16(18)17-9-8-15(12-19(17)20)21(24)22-10-3-11-25-13-14-6-7-14/h1-2,4-5,8-9,12,14H,3,6-7,10-11,13H2,(H,22,24). The Balaban J connectivity index is 1.35. The van der Waals surface area contributed by atoms with Gasteiger partial charge in [0.1, 0.15) is 0 Å². The monoisotopic (exact) mass is 335 g/mol. The summed E-state index contributed by atoms with van der Waals surface area (Å²) >= 11 is 0. The summed E-state index contributed by atoms with van der Waals surface area (Å²) in [5, 5.41) is 2.90. The lowest BCUT2D eigenvalue weighted by molar-refractivity contribution is 0.0937. The van der Waals surface area contributed by atoms with Crippen molar-refractivity contribution >= 4 is 11.7 Å². The summed E-state index contributed by atoms with van der Waals surface area (Å²) in [6, 6.07) is 12.9. The summed E-state index contributed by atoms with van der Waals surface area (Å²) in [6.45, 7) is 2.10. The number of hydrogen-bond acceptors (Lipinski definition) is 3. The molecule has 0 unspecified atom stereocenters. The zero-order valence-corrected chi connectivity index (χ0v) is 14.1. The molecule has 2 aliphatic rings. The summed E-state index contributed by atoms with van der Waals surface area (Å²) < 4.78 is 5.56. The molecular formula is C21H21NO3. The van der Waals surface area contributed by atoms with Crippen molar-refractivity contribution < 1.29 is 14.3 Å². The predicted molar refractivity (Wildman–Crippen MR) is 95.8 cm³/mol. The van der Waals surface area contributed by atoms with Crippen LogP contribution in [0.3, 0.4) is 0 Å². The van der Waals surface area contributed by atoms with Crippen molar-refractivity contribution in [2.45, 2.75) is 19.3 Å². The highest BCUT2D eigenvalue weighted by Gasteiger charge is 2.27. The van der Waals surface area contributed by atoms with Crippen LogP contribution >= 0.6 is 0 Å². The van der Waals surface area contributed by atoms with Crippen LogP contribution in [0.15, 0.2) is 42.5 Å². The molecule has 4 heteroatoms. The van der Waals surface area contributed by atoms with Crippen molar-refractivity contribution in [3.05, 3.63) is 59.2 Å². The summed E-state index contributed by atoms with van der Waals surface area (Å²) in [5.41, 5.74) is 3.70. The number of hydrogen-bond donors (Lipinski definition) is 1. The Bertz CT molecular complexity index is 824. The fraction of sp³-hybridized carbons (Fsp3) is 0.333. The summed E-state index contributed by atoms with van der Waals surface area (Å²) in [5.74, 6) is 0.616. The highest BCUT2D eigenvalue weighted by molar-refractivity contribution is 6.22. The van der Waals surface area contributed by atoms with E-state index in [-0.39, 0.29) is 11.7 Å². The molecule has 0 aromatic heterocycles. The van der Waals surface area contributed by atoms with E-state index in [1.165, 1.54) is 12.8 Å². The molecule has 2 aliphatic carbocycles. The van der Waals surface area contributed by atoms with E-state index in [0.717, 1.165) is 30.1 Å². The van der Waals surface area contributed by atoms with Gasteiger partial charge in [-0.15, -0.1) is 0 Å². The van der Waals surface area contributed by atoms with E-state index >= 15 is 0 Å². The van der Waals surface area contributed by atoms with E-state index in [4.69, 9.17) is 4.74 Å². The van der Waals surface area contributed by atoms with Crippen molar-refractivity contribution in [3.8, 4) is 11.1 Å². The van der Waals surface area contributed by atoms with E-state index in [0.29, 0.717) is 29.8 Å². The van der Waals surface area contributed by atoms with E-state index in [9.17, 15) is 9.59 Å². The van der Waals surface area contributed by atoms with Crippen LogP contribution in [0.2, 0.25) is 0 Å². The quantitative estimate of drug-likeness (QED) is 0.673. The van der Waals surface area contributed by atoms with Gasteiger partial charge < -0.3 is 10.1 Å². The average Bonchev–Trinajstić information content (AvgIpc) is 3.43. The molecule has 4 nitrogen and oxygen atoms in total. The molecular weight excluding hydrogens is 314 g/mol. The Kier molecular flexibility index (Phi) is 4.36. The first-order chi connectivity index (χ1) is 12.2. The first kappa shape index (κ1) is 16.0. The molecule has 2 aromatic rings. The first-order valence-corrected chi connectivity index (χ1v) is 8.88. The number of ketones is 1. The maximum atomic E-state index is 12.5. The number of benzene rings is 2. The SMILES string of the molecule is O=C(NCCCOCC1CC1)c1ccc2c(c1)C(=O)c1ccccc1-2. The lowest BCUT2D eigenvalue weighted by atomic mass is 10.0. The number of carbonyl (C=O) groups is 2. The minimum atomic E-state index is -0.145.